The third kappa shape index (κ3) is 6.16. The molecule has 0 unspecified atom stereocenters. The van der Waals surface area contributed by atoms with E-state index >= 15 is 0 Å². The third-order valence-electron chi connectivity index (χ3n) is 6.09. The minimum Gasteiger partial charge on any atom is -0.497 e. The number of nitrogens with one attached hydrogen (secondary N) is 1. The van der Waals surface area contributed by atoms with Crippen LogP contribution in [0.25, 0.3) is 22.6 Å². The minimum atomic E-state index is -0.354. The van der Waals surface area contributed by atoms with Gasteiger partial charge in [-0.15, -0.1) is 0 Å². The lowest BCUT2D eigenvalue weighted by Gasteiger charge is -2.25. The number of benzene rings is 1. The molecule has 0 atom stereocenters. The zero-order valence-corrected chi connectivity index (χ0v) is 20.6. The number of rotatable bonds is 9. The Morgan fingerprint density at radius 1 is 1.17 bits per heavy atom. The molecule has 1 N–H and O–H groups in total. The van der Waals surface area contributed by atoms with Crippen LogP contribution >= 0.6 is 0 Å². The van der Waals surface area contributed by atoms with Crippen molar-refractivity contribution in [3.63, 3.8) is 0 Å². The molecular formula is C26H33N5O4. The van der Waals surface area contributed by atoms with Crippen LogP contribution in [0.4, 0.5) is 0 Å². The molecule has 0 saturated carbocycles. The number of hydrogen-bond donors (Lipinski definition) is 1. The van der Waals surface area contributed by atoms with E-state index < -0.39 is 0 Å². The van der Waals surface area contributed by atoms with E-state index in [4.69, 9.17) is 9.26 Å². The van der Waals surface area contributed by atoms with Crippen LogP contribution in [0, 0.1) is 0 Å². The zero-order valence-electron chi connectivity index (χ0n) is 20.6. The van der Waals surface area contributed by atoms with Crippen molar-refractivity contribution in [3.05, 3.63) is 52.6 Å². The summed E-state index contributed by atoms with van der Waals surface area (Å²) in [5, 5.41) is 6.92. The highest BCUT2D eigenvalue weighted by Crippen LogP contribution is 2.25. The molecule has 2 aromatic heterocycles. The Kier molecular flexibility index (Phi) is 7.97. The summed E-state index contributed by atoms with van der Waals surface area (Å²) in [6.45, 7) is 6.68. The first-order valence-electron chi connectivity index (χ1n) is 12.2. The number of amides is 1. The second-order valence-electron chi connectivity index (χ2n) is 9.14. The Morgan fingerprint density at radius 2 is 1.97 bits per heavy atom. The van der Waals surface area contributed by atoms with Crippen LogP contribution in [0.1, 0.15) is 39.0 Å². The van der Waals surface area contributed by atoms with Gasteiger partial charge in [-0.3, -0.25) is 14.2 Å². The molecule has 1 aliphatic heterocycles. The van der Waals surface area contributed by atoms with Crippen molar-refractivity contribution < 1.29 is 14.1 Å². The molecule has 1 amide bonds. The molecule has 0 bridgehead atoms. The predicted molar refractivity (Wildman–Crippen MR) is 133 cm³/mol. The summed E-state index contributed by atoms with van der Waals surface area (Å²) in [4.78, 5) is 33.1. The summed E-state index contributed by atoms with van der Waals surface area (Å²) >= 11 is 0. The Labute approximate surface area is 205 Å². The fraction of sp³-hybridized carbons (Fsp3) is 0.462. The van der Waals surface area contributed by atoms with Gasteiger partial charge in [0.15, 0.2) is 0 Å². The molecule has 1 aliphatic rings. The average Bonchev–Trinajstić information content (AvgIpc) is 3.33. The molecule has 9 nitrogen and oxygen atoms in total. The lowest BCUT2D eigenvalue weighted by molar-refractivity contribution is -0.122. The Hall–Kier alpha value is -3.46. The molecule has 0 spiro atoms. The summed E-state index contributed by atoms with van der Waals surface area (Å²) < 4.78 is 12.2. The van der Waals surface area contributed by atoms with E-state index in [0.29, 0.717) is 29.3 Å². The van der Waals surface area contributed by atoms with Gasteiger partial charge in [0, 0.05) is 24.6 Å². The second kappa shape index (κ2) is 11.3. The van der Waals surface area contributed by atoms with Crippen molar-refractivity contribution in [1.29, 1.82) is 0 Å². The number of nitrogens with zero attached hydrogens (tertiary/aromatic N) is 4. The lowest BCUT2D eigenvalue weighted by Crippen LogP contribution is -2.36. The van der Waals surface area contributed by atoms with Gasteiger partial charge in [-0.1, -0.05) is 23.7 Å². The van der Waals surface area contributed by atoms with Crippen LogP contribution in [0.15, 0.2) is 45.7 Å². The molecule has 9 heteroatoms. The van der Waals surface area contributed by atoms with Crippen molar-refractivity contribution in [3.8, 4) is 28.4 Å². The lowest BCUT2D eigenvalue weighted by atomic mass is 10.1. The summed E-state index contributed by atoms with van der Waals surface area (Å²) in [5.74, 6) is 1.15. The van der Waals surface area contributed by atoms with Gasteiger partial charge in [0.05, 0.1) is 18.4 Å². The molecule has 35 heavy (non-hydrogen) atoms. The van der Waals surface area contributed by atoms with E-state index in [9.17, 15) is 9.59 Å². The molecule has 3 heterocycles. The van der Waals surface area contributed by atoms with Gasteiger partial charge < -0.3 is 19.5 Å². The van der Waals surface area contributed by atoms with Gasteiger partial charge in [-0.25, -0.2) is 0 Å². The third-order valence-corrected chi connectivity index (χ3v) is 6.09. The maximum absolute atomic E-state index is 13.6. The maximum Gasteiger partial charge on any atom is 0.262 e. The van der Waals surface area contributed by atoms with E-state index in [1.165, 1.54) is 23.8 Å². The first-order chi connectivity index (χ1) is 16.9. The SMILES string of the molecule is COc1cccc(-c2ccc(-c3noc(CCN4CCCCC4)n3)c(=O)n2CC(=O)NC(C)C)c1. The summed E-state index contributed by atoms with van der Waals surface area (Å²) in [6.07, 6.45) is 4.37. The number of piperidine rings is 1. The van der Waals surface area contributed by atoms with Crippen LogP contribution in [0.3, 0.4) is 0 Å². The van der Waals surface area contributed by atoms with Gasteiger partial charge in [0.25, 0.3) is 5.56 Å². The van der Waals surface area contributed by atoms with Crippen LogP contribution in [0.5, 0.6) is 5.75 Å². The monoisotopic (exact) mass is 479 g/mol. The number of ether oxygens (including phenoxy) is 1. The summed E-state index contributed by atoms with van der Waals surface area (Å²) in [5.41, 5.74) is 1.31. The number of carbonyl (C=O) groups excluding carboxylic acids is 1. The minimum absolute atomic E-state index is 0.0404. The second-order valence-corrected chi connectivity index (χ2v) is 9.14. The van der Waals surface area contributed by atoms with Crippen LogP contribution in [0.2, 0.25) is 0 Å². The molecule has 1 fully saturated rings. The molecule has 0 radical (unpaired) electrons. The van der Waals surface area contributed by atoms with Crippen LogP contribution in [-0.2, 0) is 17.8 Å². The molecule has 186 valence electrons. The topological polar surface area (TPSA) is 102 Å². The highest BCUT2D eigenvalue weighted by atomic mass is 16.5. The van der Waals surface area contributed by atoms with Gasteiger partial charge in [-0.05, 0) is 64.0 Å². The van der Waals surface area contributed by atoms with Crippen LogP contribution < -0.4 is 15.6 Å². The summed E-state index contributed by atoms with van der Waals surface area (Å²) in [7, 11) is 1.59. The normalized spacial score (nSPS) is 14.3. The molecular weight excluding hydrogens is 446 g/mol. The Bertz CT molecular complexity index is 1210. The number of aromatic nitrogens is 3. The quantitative estimate of drug-likeness (QED) is 0.503. The van der Waals surface area contributed by atoms with Gasteiger partial charge in [0.1, 0.15) is 12.3 Å². The predicted octanol–water partition coefficient (Wildman–Crippen LogP) is 3.13. The Morgan fingerprint density at radius 3 is 2.71 bits per heavy atom. The smallest absolute Gasteiger partial charge is 0.262 e. The van der Waals surface area contributed by atoms with E-state index in [2.05, 4.69) is 20.4 Å². The van der Waals surface area contributed by atoms with Crippen LogP contribution in [-0.4, -0.2) is 58.3 Å². The van der Waals surface area contributed by atoms with Crippen molar-refractivity contribution in [1.82, 2.24) is 24.9 Å². The standard InChI is InChI=1S/C26H33N5O4/c1-18(2)27-23(32)17-31-22(19-8-7-9-20(16-19)34-3)11-10-21(26(31)33)25-28-24(35-29-25)12-15-30-13-5-4-6-14-30/h7-11,16,18H,4-6,12-15,17H2,1-3H3,(H,27,32). The molecule has 4 rings (SSSR count). The molecule has 3 aromatic rings. The Balaban J connectivity index is 1.64. The number of pyridine rings is 1. The largest absolute Gasteiger partial charge is 0.497 e. The van der Waals surface area contributed by atoms with Crippen molar-refractivity contribution in [2.75, 3.05) is 26.7 Å². The average molecular weight is 480 g/mol. The van der Waals surface area contributed by atoms with E-state index in [1.807, 2.05) is 38.1 Å². The van der Waals surface area contributed by atoms with Crippen molar-refractivity contribution in [2.24, 2.45) is 0 Å². The van der Waals surface area contributed by atoms with E-state index in [-0.39, 0.29) is 29.9 Å². The summed E-state index contributed by atoms with van der Waals surface area (Å²) in [6, 6.07) is 10.8. The molecule has 1 aromatic carbocycles. The van der Waals surface area contributed by atoms with E-state index in [0.717, 1.165) is 25.2 Å². The number of hydrogen-bond acceptors (Lipinski definition) is 7. The van der Waals surface area contributed by atoms with Crippen molar-refractivity contribution in [2.45, 2.75) is 52.1 Å². The van der Waals surface area contributed by atoms with Gasteiger partial charge in [-0.2, -0.15) is 4.98 Å². The first-order valence-corrected chi connectivity index (χ1v) is 12.2. The highest BCUT2D eigenvalue weighted by Gasteiger charge is 2.19. The zero-order chi connectivity index (χ0) is 24.8. The fourth-order valence-corrected chi connectivity index (χ4v) is 4.35. The number of carbonyl (C=O) groups is 1. The van der Waals surface area contributed by atoms with Crippen molar-refractivity contribution >= 4 is 5.91 Å². The number of likely N-dealkylation sites (tertiary alicyclic amines) is 1. The first kappa shape index (κ1) is 24.7. The molecule has 1 saturated heterocycles. The van der Waals surface area contributed by atoms with Gasteiger partial charge >= 0.3 is 0 Å². The maximum atomic E-state index is 13.6. The van der Waals surface area contributed by atoms with E-state index in [1.54, 1.807) is 19.2 Å². The number of methoxy groups -OCH3 is 1. The fourth-order valence-electron chi connectivity index (χ4n) is 4.35. The van der Waals surface area contributed by atoms with Gasteiger partial charge in [0.2, 0.25) is 17.6 Å². The highest BCUT2D eigenvalue weighted by molar-refractivity contribution is 5.77. The molecule has 0 aliphatic carbocycles.